The van der Waals surface area contributed by atoms with Gasteiger partial charge in [-0.25, -0.2) is 0 Å². The fraction of sp³-hybridized carbons (Fsp3) is 0.391. The maximum absolute atomic E-state index is 12.6. The van der Waals surface area contributed by atoms with Crippen molar-refractivity contribution in [1.29, 1.82) is 0 Å². The average Bonchev–Trinajstić information content (AvgIpc) is 3.06. The van der Waals surface area contributed by atoms with Crippen molar-refractivity contribution in [3.8, 4) is 0 Å². The van der Waals surface area contributed by atoms with Crippen molar-refractivity contribution in [3.63, 3.8) is 0 Å². The molecule has 0 spiro atoms. The highest BCUT2D eigenvalue weighted by molar-refractivity contribution is 6.03. The summed E-state index contributed by atoms with van der Waals surface area (Å²) in [7, 11) is 0. The van der Waals surface area contributed by atoms with E-state index in [0.29, 0.717) is 12.5 Å². The van der Waals surface area contributed by atoms with E-state index in [1.54, 1.807) is 4.90 Å². The predicted molar refractivity (Wildman–Crippen MR) is 110 cm³/mol. The van der Waals surface area contributed by atoms with E-state index in [9.17, 15) is 9.59 Å². The highest BCUT2D eigenvalue weighted by Gasteiger charge is 2.35. The summed E-state index contributed by atoms with van der Waals surface area (Å²) in [5.74, 6) is 0.0959. The second-order valence-electron chi connectivity index (χ2n) is 7.59. The molecule has 1 aliphatic rings. The van der Waals surface area contributed by atoms with E-state index in [1.807, 2.05) is 44.2 Å². The molecule has 0 aliphatic carbocycles. The van der Waals surface area contributed by atoms with Crippen molar-refractivity contribution in [1.82, 2.24) is 0 Å². The van der Waals surface area contributed by atoms with Crippen LogP contribution in [0.5, 0.6) is 0 Å². The molecule has 4 nitrogen and oxygen atoms in total. The Morgan fingerprint density at radius 1 is 1.15 bits per heavy atom. The van der Waals surface area contributed by atoms with Gasteiger partial charge in [0.1, 0.15) is 0 Å². The minimum absolute atomic E-state index is 0.00511. The zero-order valence-corrected chi connectivity index (χ0v) is 16.6. The summed E-state index contributed by atoms with van der Waals surface area (Å²) in [5, 5.41) is 2.96. The Morgan fingerprint density at radius 2 is 1.85 bits per heavy atom. The lowest BCUT2D eigenvalue weighted by Crippen LogP contribution is -2.28. The van der Waals surface area contributed by atoms with Crippen LogP contribution in [0, 0.1) is 19.8 Å². The number of rotatable bonds is 5. The fourth-order valence-electron chi connectivity index (χ4n) is 3.40. The summed E-state index contributed by atoms with van der Waals surface area (Å²) in [6.45, 7) is 8.87. The van der Waals surface area contributed by atoms with E-state index in [4.69, 9.17) is 0 Å². The Bertz CT molecular complexity index is 842. The average molecular weight is 364 g/mol. The summed E-state index contributed by atoms with van der Waals surface area (Å²) in [4.78, 5) is 26.8. The molecule has 1 aliphatic heterocycles. The lowest BCUT2D eigenvalue weighted by Gasteiger charge is -2.18. The van der Waals surface area contributed by atoms with Gasteiger partial charge in [0, 0.05) is 24.3 Å². The topological polar surface area (TPSA) is 49.4 Å². The molecular formula is C23H28N2O2. The van der Waals surface area contributed by atoms with Gasteiger partial charge < -0.3 is 10.2 Å². The minimum atomic E-state index is -0.326. The lowest BCUT2D eigenvalue weighted by molar-refractivity contribution is -0.122. The molecule has 4 heteroatoms. The summed E-state index contributed by atoms with van der Waals surface area (Å²) >= 11 is 0. The molecule has 142 valence electrons. The molecule has 1 saturated heterocycles. The summed E-state index contributed by atoms with van der Waals surface area (Å²) in [6.07, 6.45) is 1.34. The number of nitrogens with zero attached hydrogens (tertiary/aromatic N) is 1. The molecule has 0 radical (unpaired) electrons. The van der Waals surface area contributed by atoms with Gasteiger partial charge in [0.2, 0.25) is 11.8 Å². The van der Waals surface area contributed by atoms with Crippen LogP contribution in [0.4, 0.5) is 11.4 Å². The van der Waals surface area contributed by atoms with E-state index < -0.39 is 0 Å². The maximum Gasteiger partial charge on any atom is 0.229 e. The van der Waals surface area contributed by atoms with Crippen LogP contribution in [0.25, 0.3) is 0 Å². The Labute approximate surface area is 161 Å². The fourth-order valence-corrected chi connectivity index (χ4v) is 3.40. The number of amides is 2. The first-order chi connectivity index (χ1) is 12.9. The van der Waals surface area contributed by atoms with Crippen molar-refractivity contribution in [3.05, 3.63) is 59.2 Å². The second kappa shape index (κ2) is 7.95. The van der Waals surface area contributed by atoms with E-state index in [1.165, 1.54) is 11.1 Å². The zero-order valence-electron chi connectivity index (χ0n) is 16.6. The van der Waals surface area contributed by atoms with Gasteiger partial charge in [0.15, 0.2) is 0 Å². The molecule has 27 heavy (non-hydrogen) atoms. The lowest BCUT2D eigenvalue weighted by atomic mass is 9.98. The maximum atomic E-state index is 12.6. The Morgan fingerprint density at radius 3 is 2.48 bits per heavy atom. The minimum Gasteiger partial charge on any atom is -0.326 e. The number of hydrogen-bond acceptors (Lipinski definition) is 2. The number of benzene rings is 2. The molecule has 1 N–H and O–H groups in total. The Balaban J connectivity index is 1.66. The monoisotopic (exact) mass is 364 g/mol. The van der Waals surface area contributed by atoms with Gasteiger partial charge in [0.25, 0.3) is 0 Å². The van der Waals surface area contributed by atoms with Crippen LogP contribution in [0.3, 0.4) is 0 Å². The van der Waals surface area contributed by atoms with Gasteiger partial charge in [-0.3, -0.25) is 9.59 Å². The van der Waals surface area contributed by atoms with Crippen LogP contribution in [-0.2, 0) is 9.59 Å². The number of carbonyl (C=O) groups is 2. The van der Waals surface area contributed by atoms with Crippen LogP contribution in [0.2, 0.25) is 0 Å². The van der Waals surface area contributed by atoms with Crippen molar-refractivity contribution in [2.75, 3.05) is 16.8 Å². The number of nitrogens with one attached hydrogen (secondary N) is 1. The molecule has 2 aromatic carbocycles. The normalized spacial score (nSPS) is 17.9. The van der Waals surface area contributed by atoms with Gasteiger partial charge in [-0.1, -0.05) is 32.0 Å². The molecule has 0 saturated carbocycles. The SMILES string of the molecule is CCC(C)c1ccc(NC(=O)C2CC(=O)N(c3ccc(C)c(C)c3)C2)cc1. The van der Waals surface area contributed by atoms with Gasteiger partial charge in [-0.15, -0.1) is 0 Å². The van der Waals surface area contributed by atoms with E-state index in [0.717, 1.165) is 23.4 Å². The molecule has 0 aromatic heterocycles. The molecule has 2 aromatic rings. The van der Waals surface area contributed by atoms with Crippen LogP contribution in [-0.4, -0.2) is 18.4 Å². The van der Waals surface area contributed by atoms with Gasteiger partial charge in [-0.2, -0.15) is 0 Å². The quantitative estimate of drug-likeness (QED) is 0.828. The summed E-state index contributed by atoms with van der Waals surface area (Å²) < 4.78 is 0. The molecular weight excluding hydrogens is 336 g/mol. The van der Waals surface area contributed by atoms with Gasteiger partial charge in [0.05, 0.1) is 5.92 Å². The van der Waals surface area contributed by atoms with Crippen LogP contribution in [0.1, 0.15) is 49.3 Å². The van der Waals surface area contributed by atoms with Crippen LogP contribution < -0.4 is 10.2 Å². The highest BCUT2D eigenvalue weighted by atomic mass is 16.2. The third-order valence-corrected chi connectivity index (χ3v) is 5.66. The van der Waals surface area contributed by atoms with Crippen molar-refractivity contribution in [2.24, 2.45) is 5.92 Å². The number of aryl methyl sites for hydroxylation is 2. The highest BCUT2D eigenvalue weighted by Crippen LogP contribution is 2.28. The predicted octanol–water partition coefficient (Wildman–Crippen LogP) is 4.81. The van der Waals surface area contributed by atoms with Crippen molar-refractivity contribution < 1.29 is 9.59 Å². The number of hydrogen-bond donors (Lipinski definition) is 1. The van der Waals surface area contributed by atoms with E-state index >= 15 is 0 Å². The molecule has 2 atom stereocenters. The first kappa shape index (κ1) is 19.2. The second-order valence-corrected chi connectivity index (χ2v) is 7.59. The molecule has 1 heterocycles. The smallest absolute Gasteiger partial charge is 0.229 e. The van der Waals surface area contributed by atoms with Crippen molar-refractivity contribution in [2.45, 2.75) is 46.5 Å². The Kier molecular flexibility index (Phi) is 5.64. The van der Waals surface area contributed by atoms with E-state index in [2.05, 4.69) is 31.3 Å². The summed E-state index contributed by atoms with van der Waals surface area (Å²) in [6, 6.07) is 14.0. The van der Waals surface area contributed by atoms with Crippen LogP contribution in [0.15, 0.2) is 42.5 Å². The molecule has 2 amide bonds. The standard InChI is InChI=1S/C23H28N2O2/c1-5-15(2)18-7-9-20(10-8-18)24-23(27)19-13-22(26)25(14-19)21-11-6-16(3)17(4)12-21/h6-12,15,19H,5,13-14H2,1-4H3,(H,24,27). The first-order valence-electron chi connectivity index (χ1n) is 9.67. The number of anilines is 2. The van der Waals surface area contributed by atoms with Gasteiger partial charge in [-0.05, 0) is 67.1 Å². The number of carbonyl (C=O) groups excluding carboxylic acids is 2. The molecule has 3 rings (SSSR count). The third-order valence-electron chi connectivity index (χ3n) is 5.66. The van der Waals surface area contributed by atoms with E-state index in [-0.39, 0.29) is 24.2 Å². The molecule has 1 fully saturated rings. The molecule has 0 bridgehead atoms. The molecule has 2 unspecified atom stereocenters. The van der Waals surface area contributed by atoms with Gasteiger partial charge >= 0.3 is 0 Å². The zero-order chi connectivity index (χ0) is 19.6. The third kappa shape index (κ3) is 4.21. The first-order valence-corrected chi connectivity index (χ1v) is 9.67. The Hall–Kier alpha value is -2.62. The van der Waals surface area contributed by atoms with Crippen LogP contribution >= 0.6 is 0 Å². The largest absolute Gasteiger partial charge is 0.326 e. The van der Waals surface area contributed by atoms with Crippen molar-refractivity contribution >= 4 is 23.2 Å². The summed E-state index contributed by atoms with van der Waals surface area (Å²) in [5.41, 5.74) is 5.27.